The molecule has 2 heteroatoms. The van der Waals surface area contributed by atoms with Gasteiger partial charge in [-0.1, -0.05) is 12.1 Å². The first-order valence-corrected chi connectivity index (χ1v) is 4.42. The lowest BCUT2D eigenvalue weighted by atomic mass is 9.90. The first-order chi connectivity index (χ1) is 6.31. The Morgan fingerprint density at radius 1 is 1.23 bits per heavy atom. The third-order valence-electron chi connectivity index (χ3n) is 2.42. The number of carbonyl (C=O) groups is 2. The Kier molecular flexibility index (Phi) is 1.97. The van der Waals surface area contributed by atoms with Crippen LogP contribution >= 0.6 is 0 Å². The van der Waals surface area contributed by atoms with Crippen LogP contribution in [0, 0.1) is 0 Å². The minimum absolute atomic E-state index is 0.207. The van der Waals surface area contributed by atoms with Crippen molar-refractivity contribution in [3.63, 3.8) is 0 Å². The lowest BCUT2D eigenvalue weighted by molar-refractivity contribution is 0.0971. The summed E-state index contributed by atoms with van der Waals surface area (Å²) in [5.74, 6) is 0.207. The van der Waals surface area contributed by atoms with Crippen LogP contribution in [-0.2, 0) is 6.42 Å². The number of hydrogen-bond donors (Lipinski definition) is 0. The van der Waals surface area contributed by atoms with E-state index in [0.29, 0.717) is 12.0 Å². The number of hydrogen-bond acceptors (Lipinski definition) is 2. The zero-order valence-corrected chi connectivity index (χ0v) is 7.25. The van der Waals surface area contributed by atoms with Crippen molar-refractivity contribution >= 4 is 12.1 Å². The Bertz CT molecular complexity index is 366. The molecule has 0 saturated carbocycles. The van der Waals surface area contributed by atoms with Gasteiger partial charge in [-0.3, -0.25) is 9.59 Å². The van der Waals surface area contributed by atoms with Gasteiger partial charge in [0.25, 0.3) is 0 Å². The van der Waals surface area contributed by atoms with E-state index in [-0.39, 0.29) is 5.78 Å². The summed E-state index contributed by atoms with van der Waals surface area (Å²) in [5, 5.41) is 0. The zero-order chi connectivity index (χ0) is 9.26. The second kappa shape index (κ2) is 3.13. The number of ketones is 1. The van der Waals surface area contributed by atoms with Gasteiger partial charge in [-0.05, 0) is 24.5 Å². The fourth-order valence-corrected chi connectivity index (χ4v) is 1.74. The van der Waals surface area contributed by atoms with Crippen molar-refractivity contribution in [2.45, 2.75) is 19.3 Å². The van der Waals surface area contributed by atoms with E-state index < -0.39 is 0 Å². The third-order valence-corrected chi connectivity index (χ3v) is 2.42. The van der Waals surface area contributed by atoms with Gasteiger partial charge in [-0.15, -0.1) is 0 Å². The molecule has 0 bridgehead atoms. The Balaban J connectivity index is 2.51. The average Bonchev–Trinajstić information content (AvgIpc) is 2.18. The molecule has 66 valence electrons. The van der Waals surface area contributed by atoms with E-state index in [1.807, 2.05) is 6.07 Å². The van der Waals surface area contributed by atoms with Gasteiger partial charge in [0.05, 0.1) is 0 Å². The highest BCUT2D eigenvalue weighted by Crippen LogP contribution is 2.21. The molecular weight excluding hydrogens is 164 g/mol. The molecule has 1 aliphatic rings. The largest absolute Gasteiger partial charge is 0.298 e. The van der Waals surface area contributed by atoms with Crippen LogP contribution < -0.4 is 0 Å². The molecule has 2 rings (SSSR count). The Morgan fingerprint density at radius 3 is 2.85 bits per heavy atom. The summed E-state index contributed by atoms with van der Waals surface area (Å²) in [4.78, 5) is 21.9. The summed E-state index contributed by atoms with van der Waals surface area (Å²) in [6.07, 6.45) is 3.30. The lowest BCUT2D eigenvalue weighted by Crippen LogP contribution is -2.10. The van der Waals surface area contributed by atoms with Crippen LogP contribution in [0.15, 0.2) is 18.2 Å². The molecule has 0 spiro atoms. The topological polar surface area (TPSA) is 34.1 Å². The minimum atomic E-state index is 0.207. The maximum absolute atomic E-state index is 11.4. The number of fused-ring (bicyclic) bond motifs is 1. The van der Waals surface area contributed by atoms with Crippen LogP contribution in [0.4, 0.5) is 0 Å². The molecule has 13 heavy (non-hydrogen) atoms. The van der Waals surface area contributed by atoms with Gasteiger partial charge in [0.15, 0.2) is 5.78 Å². The number of rotatable bonds is 1. The van der Waals surface area contributed by atoms with E-state index in [4.69, 9.17) is 0 Å². The molecule has 1 aliphatic carbocycles. The minimum Gasteiger partial charge on any atom is -0.298 e. The molecule has 0 N–H and O–H groups in total. The summed E-state index contributed by atoms with van der Waals surface area (Å²) < 4.78 is 0. The molecule has 0 aromatic heterocycles. The summed E-state index contributed by atoms with van der Waals surface area (Å²) in [6, 6.07) is 5.29. The fourth-order valence-electron chi connectivity index (χ4n) is 1.74. The smallest absolute Gasteiger partial charge is 0.163 e. The predicted octanol–water partition coefficient (Wildman–Crippen LogP) is 2.02. The fraction of sp³-hybridized carbons (Fsp3) is 0.273. The van der Waals surface area contributed by atoms with Crippen molar-refractivity contribution in [1.29, 1.82) is 0 Å². The number of aryl methyl sites for hydroxylation is 1. The van der Waals surface area contributed by atoms with Crippen molar-refractivity contribution in [1.82, 2.24) is 0 Å². The molecule has 0 unspecified atom stereocenters. The van der Waals surface area contributed by atoms with Gasteiger partial charge >= 0.3 is 0 Å². The molecule has 0 heterocycles. The van der Waals surface area contributed by atoms with Gasteiger partial charge in [0.1, 0.15) is 6.29 Å². The molecule has 0 aliphatic heterocycles. The summed E-state index contributed by atoms with van der Waals surface area (Å²) in [7, 11) is 0. The second-order valence-electron chi connectivity index (χ2n) is 3.31. The molecule has 2 nitrogen and oxygen atoms in total. The maximum atomic E-state index is 11.4. The average molecular weight is 174 g/mol. The first-order valence-electron chi connectivity index (χ1n) is 4.42. The van der Waals surface area contributed by atoms with Gasteiger partial charge in [0.2, 0.25) is 0 Å². The van der Waals surface area contributed by atoms with E-state index >= 15 is 0 Å². The molecule has 1 aromatic carbocycles. The molecule has 0 saturated heterocycles. The molecule has 0 amide bonds. The summed E-state index contributed by atoms with van der Waals surface area (Å²) in [5.41, 5.74) is 2.49. The van der Waals surface area contributed by atoms with Crippen LogP contribution in [-0.4, -0.2) is 12.1 Å². The van der Waals surface area contributed by atoms with E-state index in [0.717, 1.165) is 30.3 Å². The molecular formula is C11H10O2. The Labute approximate surface area is 76.6 Å². The van der Waals surface area contributed by atoms with Crippen LogP contribution in [0.3, 0.4) is 0 Å². The second-order valence-corrected chi connectivity index (χ2v) is 3.31. The number of carbonyl (C=O) groups excluding carboxylic acids is 2. The lowest BCUT2D eigenvalue weighted by Gasteiger charge is -2.14. The highest BCUT2D eigenvalue weighted by Gasteiger charge is 2.16. The highest BCUT2D eigenvalue weighted by molar-refractivity contribution is 5.99. The quantitative estimate of drug-likeness (QED) is 0.610. The Hall–Kier alpha value is -1.44. The van der Waals surface area contributed by atoms with E-state index in [1.165, 1.54) is 0 Å². The van der Waals surface area contributed by atoms with E-state index in [2.05, 4.69) is 0 Å². The standard InChI is InChI=1S/C11H10O2/c12-7-8-4-5-10-9(6-8)2-1-3-11(10)13/h4-7H,1-3H2. The van der Waals surface area contributed by atoms with Crippen molar-refractivity contribution in [2.24, 2.45) is 0 Å². The highest BCUT2D eigenvalue weighted by atomic mass is 16.1. The van der Waals surface area contributed by atoms with Crippen LogP contribution in [0.1, 0.15) is 39.1 Å². The van der Waals surface area contributed by atoms with E-state index in [1.54, 1.807) is 12.1 Å². The van der Waals surface area contributed by atoms with Crippen LogP contribution in [0.2, 0.25) is 0 Å². The normalized spacial score (nSPS) is 15.2. The molecule has 1 aromatic rings. The van der Waals surface area contributed by atoms with Crippen LogP contribution in [0.5, 0.6) is 0 Å². The molecule has 0 atom stereocenters. The van der Waals surface area contributed by atoms with Gasteiger partial charge in [0, 0.05) is 17.5 Å². The van der Waals surface area contributed by atoms with Gasteiger partial charge in [-0.25, -0.2) is 0 Å². The monoisotopic (exact) mass is 174 g/mol. The maximum Gasteiger partial charge on any atom is 0.163 e. The molecule has 0 radical (unpaired) electrons. The number of aldehydes is 1. The predicted molar refractivity (Wildman–Crippen MR) is 49.1 cm³/mol. The Morgan fingerprint density at radius 2 is 2.08 bits per heavy atom. The SMILES string of the molecule is O=Cc1ccc2c(c1)CCCC2=O. The van der Waals surface area contributed by atoms with Crippen molar-refractivity contribution in [3.8, 4) is 0 Å². The summed E-state index contributed by atoms with van der Waals surface area (Å²) >= 11 is 0. The van der Waals surface area contributed by atoms with Crippen molar-refractivity contribution < 1.29 is 9.59 Å². The summed E-state index contributed by atoms with van der Waals surface area (Å²) in [6.45, 7) is 0. The number of Topliss-reactive ketones (excluding diaryl/α,β-unsaturated/α-hetero) is 1. The first kappa shape index (κ1) is 8.17. The van der Waals surface area contributed by atoms with Crippen LogP contribution in [0.25, 0.3) is 0 Å². The van der Waals surface area contributed by atoms with Crippen molar-refractivity contribution in [2.75, 3.05) is 0 Å². The zero-order valence-electron chi connectivity index (χ0n) is 7.25. The van der Waals surface area contributed by atoms with Gasteiger partial charge < -0.3 is 0 Å². The number of benzene rings is 1. The van der Waals surface area contributed by atoms with Crippen molar-refractivity contribution in [3.05, 3.63) is 34.9 Å². The van der Waals surface area contributed by atoms with E-state index in [9.17, 15) is 9.59 Å². The third kappa shape index (κ3) is 1.39. The molecule has 0 fully saturated rings. The van der Waals surface area contributed by atoms with Gasteiger partial charge in [-0.2, -0.15) is 0 Å².